The van der Waals surface area contributed by atoms with E-state index in [1.165, 1.54) is 6.07 Å². The summed E-state index contributed by atoms with van der Waals surface area (Å²) in [5.74, 6) is -0.282. The van der Waals surface area contributed by atoms with E-state index in [-0.39, 0.29) is 10.8 Å². The molecule has 1 unspecified atom stereocenters. The SMILES string of the molecule is CC1CCC(S(=O)c2ccc(Br)c(C(=O)O)c2)CC1. The van der Waals surface area contributed by atoms with Crippen molar-refractivity contribution in [2.24, 2.45) is 5.92 Å². The molecule has 104 valence electrons. The number of hydrogen-bond donors (Lipinski definition) is 1. The van der Waals surface area contributed by atoms with Crippen LogP contribution in [0.4, 0.5) is 0 Å². The molecule has 0 amide bonds. The zero-order valence-corrected chi connectivity index (χ0v) is 13.2. The Morgan fingerprint density at radius 1 is 1.32 bits per heavy atom. The van der Waals surface area contributed by atoms with E-state index in [1.54, 1.807) is 12.1 Å². The quantitative estimate of drug-likeness (QED) is 0.906. The molecule has 1 aliphatic rings. The van der Waals surface area contributed by atoms with Crippen LogP contribution < -0.4 is 0 Å². The number of hydrogen-bond acceptors (Lipinski definition) is 2. The molecule has 19 heavy (non-hydrogen) atoms. The van der Waals surface area contributed by atoms with Crippen LogP contribution in [0.5, 0.6) is 0 Å². The van der Waals surface area contributed by atoms with Crippen LogP contribution in [0.15, 0.2) is 27.6 Å². The molecule has 1 saturated carbocycles. The van der Waals surface area contributed by atoms with Crippen molar-refractivity contribution in [2.45, 2.75) is 42.8 Å². The molecule has 0 bridgehead atoms. The molecule has 1 fully saturated rings. The minimum atomic E-state index is -1.10. The van der Waals surface area contributed by atoms with Gasteiger partial charge in [-0.05, 0) is 65.7 Å². The monoisotopic (exact) mass is 344 g/mol. The van der Waals surface area contributed by atoms with Gasteiger partial charge < -0.3 is 5.11 Å². The number of rotatable bonds is 3. The van der Waals surface area contributed by atoms with Crippen LogP contribution >= 0.6 is 15.9 Å². The Balaban J connectivity index is 2.20. The minimum Gasteiger partial charge on any atom is -0.478 e. The fraction of sp³-hybridized carbons (Fsp3) is 0.500. The van der Waals surface area contributed by atoms with Gasteiger partial charge in [0, 0.05) is 14.6 Å². The summed E-state index contributed by atoms with van der Waals surface area (Å²) in [7, 11) is -1.10. The van der Waals surface area contributed by atoms with Crippen molar-refractivity contribution >= 4 is 32.7 Å². The van der Waals surface area contributed by atoms with Crippen LogP contribution in [0.1, 0.15) is 43.0 Å². The first kappa shape index (κ1) is 14.7. The molecule has 1 aromatic rings. The molecule has 0 radical (unpaired) electrons. The van der Waals surface area contributed by atoms with E-state index < -0.39 is 16.8 Å². The Kier molecular flexibility index (Phi) is 4.79. The zero-order valence-electron chi connectivity index (χ0n) is 10.8. The highest BCUT2D eigenvalue weighted by Gasteiger charge is 2.25. The van der Waals surface area contributed by atoms with Crippen molar-refractivity contribution in [3.05, 3.63) is 28.2 Å². The Morgan fingerprint density at radius 2 is 1.95 bits per heavy atom. The van der Waals surface area contributed by atoms with Crippen molar-refractivity contribution in [1.29, 1.82) is 0 Å². The largest absolute Gasteiger partial charge is 0.478 e. The lowest BCUT2D eigenvalue weighted by Crippen LogP contribution is -2.22. The molecule has 0 spiro atoms. The number of benzene rings is 1. The summed E-state index contributed by atoms with van der Waals surface area (Å²) >= 11 is 3.20. The third-order valence-electron chi connectivity index (χ3n) is 3.67. The Labute approximate surface area is 124 Å². The molecule has 2 rings (SSSR count). The molecular weight excluding hydrogens is 328 g/mol. The van der Waals surface area contributed by atoms with Gasteiger partial charge >= 0.3 is 5.97 Å². The molecular formula is C14H17BrO3S. The molecule has 3 nitrogen and oxygen atoms in total. The normalized spacial score (nSPS) is 24.9. The van der Waals surface area contributed by atoms with Gasteiger partial charge in [0.2, 0.25) is 0 Å². The third-order valence-corrected chi connectivity index (χ3v) is 6.15. The highest BCUT2D eigenvalue weighted by Crippen LogP contribution is 2.30. The van der Waals surface area contributed by atoms with Crippen molar-refractivity contribution in [1.82, 2.24) is 0 Å². The summed E-state index contributed by atoms with van der Waals surface area (Å²) in [4.78, 5) is 11.7. The number of carboxylic acids is 1. The van der Waals surface area contributed by atoms with Crippen molar-refractivity contribution in [3.63, 3.8) is 0 Å². The van der Waals surface area contributed by atoms with Crippen LogP contribution in [0.2, 0.25) is 0 Å². The lowest BCUT2D eigenvalue weighted by molar-refractivity contribution is 0.0695. The number of halogens is 1. The smallest absolute Gasteiger partial charge is 0.336 e. The molecule has 1 aromatic carbocycles. The fourth-order valence-corrected chi connectivity index (χ4v) is 4.37. The predicted molar refractivity (Wildman–Crippen MR) is 78.9 cm³/mol. The average Bonchev–Trinajstić information content (AvgIpc) is 2.39. The van der Waals surface area contributed by atoms with E-state index >= 15 is 0 Å². The van der Waals surface area contributed by atoms with Crippen LogP contribution in [0.3, 0.4) is 0 Å². The van der Waals surface area contributed by atoms with Crippen LogP contribution in [0, 0.1) is 5.92 Å². The Hall–Kier alpha value is -0.680. The van der Waals surface area contributed by atoms with Crippen LogP contribution in [-0.2, 0) is 10.8 Å². The fourth-order valence-electron chi connectivity index (χ4n) is 2.43. The number of carboxylic acid groups (broad SMARTS) is 1. The van der Waals surface area contributed by atoms with Crippen molar-refractivity contribution < 1.29 is 14.1 Å². The zero-order chi connectivity index (χ0) is 14.0. The van der Waals surface area contributed by atoms with E-state index in [9.17, 15) is 9.00 Å². The van der Waals surface area contributed by atoms with Gasteiger partial charge in [0.25, 0.3) is 0 Å². The summed E-state index contributed by atoms with van der Waals surface area (Å²) in [6.07, 6.45) is 4.15. The summed E-state index contributed by atoms with van der Waals surface area (Å²) in [6, 6.07) is 4.95. The maximum Gasteiger partial charge on any atom is 0.336 e. The molecule has 1 atom stereocenters. The third kappa shape index (κ3) is 3.45. The molecule has 1 aliphatic carbocycles. The van der Waals surface area contributed by atoms with E-state index in [4.69, 9.17) is 5.11 Å². The van der Waals surface area contributed by atoms with E-state index in [1.807, 2.05) is 0 Å². The molecule has 0 saturated heterocycles. The second-order valence-electron chi connectivity index (χ2n) is 5.13. The minimum absolute atomic E-state index is 0.166. The van der Waals surface area contributed by atoms with Gasteiger partial charge in [-0.25, -0.2) is 4.79 Å². The highest BCUT2D eigenvalue weighted by atomic mass is 79.9. The van der Waals surface area contributed by atoms with Gasteiger partial charge in [-0.3, -0.25) is 4.21 Å². The first-order valence-electron chi connectivity index (χ1n) is 6.42. The van der Waals surface area contributed by atoms with Gasteiger partial charge in [-0.1, -0.05) is 6.92 Å². The van der Waals surface area contributed by atoms with Gasteiger partial charge in [0.1, 0.15) is 0 Å². The average molecular weight is 345 g/mol. The van der Waals surface area contributed by atoms with Gasteiger partial charge in [-0.15, -0.1) is 0 Å². The maximum absolute atomic E-state index is 12.5. The molecule has 1 N–H and O–H groups in total. The molecule has 0 aromatic heterocycles. The lowest BCUT2D eigenvalue weighted by atomic mass is 9.91. The van der Waals surface area contributed by atoms with Crippen LogP contribution in [0.25, 0.3) is 0 Å². The topological polar surface area (TPSA) is 54.4 Å². The number of aromatic carboxylic acids is 1. The second-order valence-corrected chi connectivity index (χ2v) is 7.71. The Bertz CT molecular complexity index is 507. The van der Waals surface area contributed by atoms with Crippen molar-refractivity contribution in [2.75, 3.05) is 0 Å². The predicted octanol–water partition coefficient (Wildman–Crippen LogP) is 3.83. The second kappa shape index (κ2) is 6.18. The summed E-state index contributed by atoms with van der Waals surface area (Å²) in [6.45, 7) is 2.22. The summed E-state index contributed by atoms with van der Waals surface area (Å²) < 4.78 is 13.0. The lowest BCUT2D eigenvalue weighted by Gasteiger charge is -2.25. The highest BCUT2D eigenvalue weighted by molar-refractivity contribution is 9.10. The van der Waals surface area contributed by atoms with E-state index in [2.05, 4.69) is 22.9 Å². The van der Waals surface area contributed by atoms with Gasteiger partial charge in [0.15, 0.2) is 0 Å². The molecule has 5 heteroatoms. The first-order valence-corrected chi connectivity index (χ1v) is 8.43. The van der Waals surface area contributed by atoms with E-state index in [0.29, 0.717) is 15.3 Å². The van der Waals surface area contributed by atoms with E-state index in [0.717, 1.165) is 25.7 Å². The van der Waals surface area contributed by atoms with Crippen LogP contribution in [-0.4, -0.2) is 20.5 Å². The Morgan fingerprint density at radius 3 is 2.53 bits per heavy atom. The van der Waals surface area contributed by atoms with Crippen molar-refractivity contribution in [3.8, 4) is 0 Å². The molecule has 0 heterocycles. The molecule has 0 aliphatic heterocycles. The summed E-state index contributed by atoms with van der Waals surface area (Å²) in [5.41, 5.74) is 0.176. The maximum atomic E-state index is 12.5. The first-order chi connectivity index (χ1) is 8.99. The standard InChI is InChI=1S/C14H17BrO3S/c1-9-2-4-10(5-3-9)19(18)11-6-7-13(15)12(8-11)14(16)17/h6-10H,2-5H2,1H3,(H,16,17). The van der Waals surface area contributed by atoms with Gasteiger partial charge in [0.05, 0.1) is 16.4 Å². The number of carbonyl (C=O) groups is 1. The van der Waals surface area contributed by atoms with Gasteiger partial charge in [-0.2, -0.15) is 0 Å². The summed E-state index contributed by atoms with van der Waals surface area (Å²) in [5, 5.41) is 9.25.